The summed E-state index contributed by atoms with van der Waals surface area (Å²) in [6, 6.07) is 8.38. The van der Waals surface area contributed by atoms with Gasteiger partial charge >= 0.3 is 6.18 Å². The summed E-state index contributed by atoms with van der Waals surface area (Å²) in [5.41, 5.74) is 6.07. The first-order chi connectivity index (χ1) is 9.77. The minimum Gasteiger partial charge on any atom is -0.324 e. The van der Waals surface area contributed by atoms with Crippen LogP contribution in [0.4, 0.5) is 17.6 Å². The van der Waals surface area contributed by atoms with Crippen LogP contribution in [0.25, 0.3) is 0 Å². The van der Waals surface area contributed by atoms with Crippen LogP contribution in [0, 0.1) is 5.82 Å². The molecule has 0 heterocycles. The van der Waals surface area contributed by atoms with Gasteiger partial charge in [0.2, 0.25) is 0 Å². The second kappa shape index (κ2) is 6.03. The van der Waals surface area contributed by atoms with Gasteiger partial charge in [-0.3, -0.25) is 0 Å². The van der Waals surface area contributed by atoms with Gasteiger partial charge in [-0.2, -0.15) is 13.2 Å². The van der Waals surface area contributed by atoms with E-state index in [2.05, 4.69) is 0 Å². The van der Waals surface area contributed by atoms with E-state index in [1.54, 1.807) is 6.07 Å². The van der Waals surface area contributed by atoms with Crippen molar-refractivity contribution in [3.63, 3.8) is 0 Å². The third-order valence-electron chi connectivity index (χ3n) is 3.08. The molecule has 0 fully saturated rings. The standard InChI is InChI=1S/C15H12ClF4N/c16-12-5-4-9(6-13(12)17)7-14(21)10-2-1-3-11(8-10)15(18,19)20/h1-6,8,14H,7,21H2. The van der Waals surface area contributed by atoms with E-state index in [0.29, 0.717) is 11.1 Å². The van der Waals surface area contributed by atoms with Gasteiger partial charge in [-0.15, -0.1) is 0 Å². The fourth-order valence-corrected chi connectivity index (χ4v) is 2.10. The van der Waals surface area contributed by atoms with Crippen molar-refractivity contribution >= 4 is 11.6 Å². The van der Waals surface area contributed by atoms with Crippen molar-refractivity contribution in [2.45, 2.75) is 18.6 Å². The van der Waals surface area contributed by atoms with Crippen molar-refractivity contribution in [1.29, 1.82) is 0 Å². The third kappa shape index (κ3) is 3.95. The SMILES string of the molecule is NC(Cc1ccc(Cl)c(F)c1)c1cccc(C(F)(F)F)c1. The van der Waals surface area contributed by atoms with Crippen LogP contribution in [0.15, 0.2) is 42.5 Å². The Bertz CT molecular complexity index is 640. The molecule has 0 aliphatic heterocycles. The molecule has 1 nitrogen and oxygen atoms in total. The topological polar surface area (TPSA) is 26.0 Å². The maximum absolute atomic E-state index is 13.3. The summed E-state index contributed by atoms with van der Waals surface area (Å²) in [5.74, 6) is -0.578. The second-order valence-electron chi connectivity index (χ2n) is 4.68. The molecule has 0 amide bonds. The van der Waals surface area contributed by atoms with Crippen LogP contribution in [0.5, 0.6) is 0 Å². The minimum atomic E-state index is -4.41. The van der Waals surface area contributed by atoms with E-state index in [1.807, 2.05) is 0 Å². The van der Waals surface area contributed by atoms with Gasteiger partial charge in [0.05, 0.1) is 10.6 Å². The summed E-state index contributed by atoms with van der Waals surface area (Å²) < 4.78 is 51.3. The van der Waals surface area contributed by atoms with Gasteiger partial charge in [0.1, 0.15) is 5.82 Å². The smallest absolute Gasteiger partial charge is 0.324 e. The van der Waals surface area contributed by atoms with E-state index in [9.17, 15) is 17.6 Å². The molecule has 21 heavy (non-hydrogen) atoms. The molecule has 0 saturated carbocycles. The van der Waals surface area contributed by atoms with Crippen LogP contribution in [-0.2, 0) is 12.6 Å². The van der Waals surface area contributed by atoms with E-state index in [-0.39, 0.29) is 11.4 Å². The summed E-state index contributed by atoms with van der Waals surface area (Å²) in [6.45, 7) is 0. The average molecular weight is 318 g/mol. The maximum atomic E-state index is 13.3. The molecule has 2 aromatic rings. The fourth-order valence-electron chi connectivity index (χ4n) is 1.98. The minimum absolute atomic E-state index is 0.00797. The van der Waals surface area contributed by atoms with Gasteiger partial charge in [-0.1, -0.05) is 29.8 Å². The first-order valence-corrected chi connectivity index (χ1v) is 6.52. The Labute approximate surface area is 124 Å². The lowest BCUT2D eigenvalue weighted by Gasteiger charge is -2.15. The summed E-state index contributed by atoms with van der Waals surface area (Å²) in [6.07, 6.45) is -4.20. The number of hydrogen-bond donors (Lipinski definition) is 1. The van der Waals surface area contributed by atoms with Crippen LogP contribution >= 0.6 is 11.6 Å². The highest BCUT2D eigenvalue weighted by atomic mass is 35.5. The molecule has 2 N–H and O–H groups in total. The van der Waals surface area contributed by atoms with Gasteiger partial charge in [-0.05, 0) is 41.8 Å². The van der Waals surface area contributed by atoms with Gasteiger partial charge in [0.15, 0.2) is 0 Å². The van der Waals surface area contributed by atoms with Crippen molar-refractivity contribution in [2.24, 2.45) is 5.73 Å². The van der Waals surface area contributed by atoms with E-state index in [4.69, 9.17) is 17.3 Å². The van der Waals surface area contributed by atoms with Crippen molar-refractivity contribution in [1.82, 2.24) is 0 Å². The Morgan fingerprint density at radius 2 is 1.81 bits per heavy atom. The zero-order valence-corrected chi connectivity index (χ0v) is 11.5. The highest BCUT2D eigenvalue weighted by Crippen LogP contribution is 2.31. The van der Waals surface area contributed by atoms with Crippen molar-refractivity contribution < 1.29 is 17.6 Å². The maximum Gasteiger partial charge on any atom is 0.416 e. The van der Waals surface area contributed by atoms with E-state index in [0.717, 1.165) is 12.1 Å². The number of halogens is 5. The van der Waals surface area contributed by atoms with E-state index in [1.165, 1.54) is 24.3 Å². The first-order valence-electron chi connectivity index (χ1n) is 6.14. The van der Waals surface area contributed by atoms with Crippen LogP contribution in [0.3, 0.4) is 0 Å². The number of benzene rings is 2. The predicted molar refractivity (Wildman–Crippen MR) is 73.5 cm³/mol. The zero-order valence-electron chi connectivity index (χ0n) is 10.8. The Morgan fingerprint density at radius 3 is 2.43 bits per heavy atom. The molecule has 112 valence electrons. The van der Waals surface area contributed by atoms with E-state index < -0.39 is 23.6 Å². The van der Waals surface area contributed by atoms with Crippen LogP contribution in [0.2, 0.25) is 5.02 Å². The lowest BCUT2D eigenvalue weighted by atomic mass is 9.98. The van der Waals surface area contributed by atoms with Gasteiger partial charge < -0.3 is 5.73 Å². The molecule has 6 heteroatoms. The molecule has 0 saturated heterocycles. The lowest BCUT2D eigenvalue weighted by Crippen LogP contribution is -2.15. The molecule has 1 atom stereocenters. The largest absolute Gasteiger partial charge is 0.416 e. The molecule has 0 aliphatic rings. The molecule has 0 radical (unpaired) electrons. The summed E-state index contributed by atoms with van der Waals surface area (Å²) in [7, 11) is 0. The van der Waals surface area contributed by atoms with Crippen molar-refractivity contribution in [3.05, 3.63) is 70.0 Å². The van der Waals surface area contributed by atoms with Crippen molar-refractivity contribution in [3.8, 4) is 0 Å². The molecule has 2 aromatic carbocycles. The number of alkyl halides is 3. The normalized spacial score (nSPS) is 13.2. The monoisotopic (exact) mass is 317 g/mol. The molecular weight excluding hydrogens is 306 g/mol. The molecule has 2 rings (SSSR count). The first kappa shape index (κ1) is 15.8. The predicted octanol–water partition coefficient (Wildman–Crippen LogP) is 4.74. The number of nitrogens with two attached hydrogens (primary N) is 1. The molecule has 1 unspecified atom stereocenters. The highest BCUT2D eigenvalue weighted by molar-refractivity contribution is 6.30. The molecule has 0 bridgehead atoms. The highest BCUT2D eigenvalue weighted by Gasteiger charge is 2.30. The Balaban J connectivity index is 2.20. The molecule has 0 aromatic heterocycles. The molecular formula is C15H12ClF4N. The van der Waals surface area contributed by atoms with Crippen LogP contribution in [0.1, 0.15) is 22.7 Å². The quantitative estimate of drug-likeness (QED) is 0.813. The summed E-state index contributed by atoms with van der Waals surface area (Å²) >= 11 is 5.57. The van der Waals surface area contributed by atoms with Gasteiger partial charge in [-0.25, -0.2) is 4.39 Å². The number of rotatable bonds is 3. The Morgan fingerprint density at radius 1 is 1.10 bits per heavy atom. The van der Waals surface area contributed by atoms with Gasteiger partial charge in [0, 0.05) is 6.04 Å². The molecule has 0 aliphatic carbocycles. The van der Waals surface area contributed by atoms with E-state index >= 15 is 0 Å². The second-order valence-corrected chi connectivity index (χ2v) is 5.09. The molecule has 0 spiro atoms. The Hall–Kier alpha value is -1.59. The Kier molecular flexibility index (Phi) is 4.54. The lowest BCUT2D eigenvalue weighted by molar-refractivity contribution is -0.137. The van der Waals surface area contributed by atoms with Gasteiger partial charge in [0.25, 0.3) is 0 Å². The summed E-state index contributed by atoms with van der Waals surface area (Å²) in [5, 5.41) is -0.00797. The van der Waals surface area contributed by atoms with Crippen LogP contribution < -0.4 is 5.73 Å². The summed E-state index contributed by atoms with van der Waals surface area (Å²) in [4.78, 5) is 0. The average Bonchev–Trinajstić information content (AvgIpc) is 2.42. The van der Waals surface area contributed by atoms with Crippen LogP contribution in [-0.4, -0.2) is 0 Å². The number of hydrogen-bond acceptors (Lipinski definition) is 1. The zero-order chi connectivity index (χ0) is 15.6. The van der Waals surface area contributed by atoms with Crippen molar-refractivity contribution in [2.75, 3.05) is 0 Å². The fraction of sp³-hybridized carbons (Fsp3) is 0.200. The third-order valence-corrected chi connectivity index (χ3v) is 3.39.